The van der Waals surface area contributed by atoms with Gasteiger partial charge in [0.2, 0.25) is 5.91 Å². The van der Waals surface area contributed by atoms with Crippen molar-refractivity contribution in [2.24, 2.45) is 5.92 Å². The van der Waals surface area contributed by atoms with Crippen LogP contribution in [0, 0.1) is 12.8 Å². The number of benzene rings is 1. The van der Waals surface area contributed by atoms with E-state index in [1.807, 2.05) is 30.0 Å². The van der Waals surface area contributed by atoms with Gasteiger partial charge in [-0.3, -0.25) is 9.59 Å². The summed E-state index contributed by atoms with van der Waals surface area (Å²) >= 11 is 0. The smallest absolute Gasteiger partial charge is 0.253 e. The Hall–Kier alpha value is -1.59. The van der Waals surface area contributed by atoms with E-state index in [1.54, 1.807) is 0 Å². The molecule has 0 bridgehead atoms. The molecule has 2 fully saturated rings. The quantitative estimate of drug-likeness (QED) is 0.843. The van der Waals surface area contributed by atoms with Gasteiger partial charge in [0.05, 0.1) is 0 Å². The van der Waals surface area contributed by atoms with Crippen molar-refractivity contribution < 1.29 is 9.59 Å². The molecule has 1 aromatic carbocycles. The fourth-order valence-corrected chi connectivity index (χ4v) is 3.85. The Bertz CT molecular complexity index is 644. The molecule has 0 saturated carbocycles. The number of aryl methyl sites for hydroxylation is 1. The van der Waals surface area contributed by atoms with Crippen LogP contribution in [-0.2, 0) is 4.79 Å². The first-order valence-corrected chi connectivity index (χ1v) is 9.46. The molecule has 26 heavy (non-hydrogen) atoms. The van der Waals surface area contributed by atoms with Gasteiger partial charge in [-0.2, -0.15) is 0 Å². The van der Waals surface area contributed by atoms with Crippen LogP contribution in [0.1, 0.15) is 54.9 Å². The van der Waals surface area contributed by atoms with E-state index in [1.165, 1.54) is 6.42 Å². The first kappa shape index (κ1) is 20.7. The highest BCUT2D eigenvalue weighted by molar-refractivity contribution is 5.96. The molecule has 144 valence electrons. The van der Waals surface area contributed by atoms with E-state index in [0.717, 1.165) is 50.1 Å². The summed E-state index contributed by atoms with van der Waals surface area (Å²) in [5.74, 6) is 0.704. The van der Waals surface area contributed by atoms with E-state index in [4.69, 9.17) is 0 Å². The molecule has 0 aromatic heterocycles. The number of amides is 2. The maximum absolute atomic E-state index is 12.7. The predicted molar refractivity (Wildman–Crippen MR) is 107 cm³/mol. The minimum absolute atomic E-state index is 0. The van der Waals surface area contributed by atoms with Crippen molar-refractivity contribution in [2.75, 3.05) is 25.0 Å². The summed E-state index contributed by atoms with van der Waals surface area (Å²) in [4.78, 5) is 26.8. The molecule has 1 aromatic rings. The van der Waals surface area contributed by atoms with Crippen LogP contribution in [0.2, 0.25) is 0 Å². The molecular weight excluding hydrogens is 350 g/mol. The Morgan fingerprint density at radius 3 is 2.73 bits per heavy atom. The first-order chi connectivity index (χ1) is 12.0. The minimum Gasteiger partial charge on any atom is -0.338 e. The van der Waals surface area contributed by atoms with E-state index in [0.29, 0.717) is 23.9 Å². The Morgan fingerprint density at radius 2 is 2.08 bits per heavy atom. The van der Waals surface area contributed by atoms with Gasteiger partial charge in [-0.1, -0.05) is 6.92 Å². The average Bonchev–Trinajstić information content (AvgIpc) is 3.09. The fourth-order valence-electron chi connectivity index (χ4n) is 3.85. The molecule has 2 amide bonds. The molecule has 2 saturated heterocycles. The largest absolute Gasteiger partial charge is 0.338 e. The third-order valence-corrected chi connectivity index (χ3v) is 5.29. The van der Waals surface area contributed by atoms with Crippen molar-refractivity contribution in [1.29, 1.82) is 0 Å². The molecule has 0 aliphatic carbocycles. The highest BCUT2D eigenvalue weighted by Gasteiger charge is 2.23. The minimum atomic E-state index is 0. The number of anilines is 1. The number of likely N-dealkylation sites (tertiary alicyclic amines) is 1. The lowest BCUT2D eigenvalue weighted by Gasteiger charge is -2.31. The molecule has 2 unspecified atom stereocenters. The molecule has 3 rings (SSSR count). The van der Waals surface area contributed by atoms with Gasteiger partial charge in [-0.05, 0) is 68.8 Å². The molecule has 6 heteroatoms. The van der Waals surface area contributed by atoms with Gasteiger partial charge in [0.1, 0.15) is 0 Å². The van der Waals surface area contributed by atoms with E-state index < -0.39 is 0 Å². The third-order valence-electron chi connectivity index (χ3n) is 5.29. The van der Waals surface area contributed by atoms with Crippen molar-refractivity contribution in [3.63, 3.8) is 0 Å². The summed E-state index contributed by atoms with van der Waals surface area (Å²) in [5.41, 5.74) is 2.44. The van der Waals surface area contributed by atoms with Crippen molar-refractivity contribution in [3.8, 4) is 0 Å². The van der Waals surface area contributed by atoms with Gasteiger partial charge < -0.3 is 15.5 Å². The SMILES string of the molecule is Cc1cc(C(=O)N2CCCC(C)C2)ccc1NC(=O)CC1CCCN1.Cl. The summed E-state index contributed by atoms with van der Waals surface area (Å²) in [6.07, 6.45) is 4.99. The van der Waals surface area contributed by atoms with Gasteiger partial charge in [0, 0.05) is 36.8 Å². The number of hydrogen-bond acceptors (Lipinski definition) is 3. The van der Waals surface area contributed by atoms with Crippen LogP contribution in [0.3, 0.4) is 0 Å². The summed E-state index contributed by atoms with van der Waals surface area (Å²) in [6, 6.07) is 5.88. The Morgan fingerprint density at radius 1 is 1.27 bits per heavy atom. The van der Waals surface area contributed by atoms with Crippen molar-refractivity contribution >= 4 is 29.9 Å². The average molecular weight is 380 g/mol. The van der Waals surface area contributed by atoms with Crippen LogP contribution >= 0.6 is 12.4 Å². The molecule has 0 spiro atoms. The second-order valence-corrected chi connectivity index (χ2v) is 7.57. The molecule has 2 heterocycles. The molecule has 2 N–H and O–H groups in total. The zero-order valence-corrected chi connectivity index (χ0v) is 16.5. The lowest BCUT2D eigenvalue weighted by atomic mass is 9.99. The Kier molecular flexibility index (Phi) is 7.47. The van der Waals surface area contributed by atoms with Crippen molar-refractivity contribution in [2.45, 2.75) is 52.0 Å². The third kappa shape index (κ3) is 5.21. The summed E-state index contributed by atoms with van der Waals surface area (Å²) in [5, 5.41) is 6.33. The summed E-state index contributed by atoms with van der Waals surface area (Å²) in [7, 11) is 0. The zero-order chi connectivity index (χ0) is 17.8. The van der Waals surface area contributed by atoms with Gasteiger partial charge in [0.15, 0.2) is 0 Å². The van der Waals surface area contributed by atoms with Crippen LogP contribution in [-0.4, -0.2) is 42.4 Å². The molecule has 2 aliphatic heterocycles. The molecule has 2 atom stereocenters. The van der Waals surface area contributed by atoms with Gasteiger partial charge >= 0.3 is 0 Å². The number of piperidine rings is 1. The van der Waals surface area contributed by atoms with Gasteiger partial charge in [-0.25, -0.2) is 0 Å². The van der Waals surface area contributed by atoms with E-state index in [-0.39, 0.29) is 24.2 Å². The van der Waals surface area contributed by atoms with Crippen LogP contribution in [0.5, 0.6) is 0 Å². The van der Waals surface area contributed by atoms with Crippen molar-refractivity contribution in [1.82, 2.24) is 10.2 Å². The van der Waals surface area contributed by atoms with Crippen LogP contribution in [0.25, 0.3) is 0 Å². The normalized spacial score (nSPS) is 22.6. The lowest BCUT2D eigenvalue weighted by Crippen LogP contribution is -2.39. The van der Waals surface area contributed by atoms with E-state index in [2.05, 4.69) is 17.6 Å². The first-order valence-electron chi connectivity index (χ1n) is 9.46. The fraction of sp³-hybridized carbons (Fsp3) is 0.600. The number of rotatable bonds is 4. The highest BCUT2D eigenvalue weighted by Crippen LogP contribution is 2.22. The van der Waals surface area contributed by atoms with Crippen molar-refractivity contribution in [3.05, 3.63) is 29.3 Å². The standard InChI is InChI=1S/C20H29N3O2.ClH/c1-14-5-4-10-23(13-14)20(25)16-7-8-18(15(2)11-16)22-19(24)12-17-6-3-9-21-17;/h7-8,11,14,17,21H,3-6,9-10,12-13H2,1-2H3,(H,22,24);1H. The molecule has 5 nitrogen and oxygen atoms in total. The molecular formula is C20H30ClN3O2. The van der Waals surface area contributed by atoms with E-state index >= 15 is 0 Å². The zero-order valence-electron chi connectivity index (χ0n) is 15.7. The monoisotopic (exact) mass is 379 g/mol. The summed E-state index contributed by atoms with van der Waals surface area (Å²) in [6.45, 7) is 6.82. The number of nitrogens with zero attached hydrogens (tertiary/aromatic N) is 1. The number of carbonyl (C=O) groups is 2. The second-order valence-electron chi connectivity index (χ2n) is 7.57. The highest BCUT2D eigenvalue weighted by atomic mass is 35.5. The maximum Gasteiger partial charge on any atom is 0.253 e. The number of nitrogens with one attached hydrogen (secondary N) is 2. The maximum atomic E-state index is 12.7. The van der Waals surface area contributed by atoms with E-state index in [9.17, 15) is 9.59 Å². The molecule has 0 radical (unpaired) electrons. The lowest BCUT2D eigenvalue weighted by molar-refractivity contribution is -0.116. The summed E-state index contributed by atoms with van der Waals surface area (Å²) < 4.78 is 0. The Labute approximate surface area is 162 Å². The topological polar surface area (TPSA) is 61.4 Å². The number of halogens is 1. The second kappa shape index (κ2) is 9.38. The number of carbonyl (C=O) groups excluding carboxylic acids is 2. The van der Waals surface area contributed by atoms with Crippen LogP contribution in [0.4, 0.5) is 5.69 Å². The Balaban J connectivity index is 0.00000243. The van der Waals surface area contributed by atoms with Crippen LogP contribution < -0.4 is 10.6 Å². The predicted octanol–water partition coefficient (Wildman–Crippen LogP) is 3.37. The van der Waals surface area contributed by atoms with Gasteiger partial charge in [0.25, 0.3) is 5.91 Å². The van der Waals surface area contributed by atoms with Crippen LogP contribution in [0.15, 0.2) is 18.2 Å². The van der Waals surface area contributed by atoms with Gasteiger partial charge in [-0.15, -0.1) is 12.4 Å². The number of hydrogen-bond donors (Lipinski definition) is 2. The molecule has 2 aliphatic rings.